The van der Waals surface area contributed by atoms with E-state index in [1.54, 1.807) is 46.1 Å². The van der Waals surface area contributed by atoms with Gasteiger partial charge in [0.2, 0.25) is 0 Å². The fourth-order valence-corrected chi connectivity index (χ4v) is 5.29. The second-order valence-electron chi connectivity index (χ2n) is 11.1. The lowest BCUT2D eigenvalue weighted by Gasteiger charge is -2.29. The van der Waals surface area contributed by atoms with Crippen LogP contribution < -0.4 is 15.0 Å². The zero-order valence-electron chi connectivity index (χ0n) is 23.5. The second kappa shape index (κ2) is 10.8. The van der Waals surface area contributed by atoms with Crippen LogP contribution in [0.4, 0.5) is 0 Å². The molecule has 0 spiro atoms. The Kier molecular flexibility index (Phi) is 7.38. The minimum atomic E-state index is -1.37. The van der Waals surface area contributed by atoms with Crippen LogP contribution >= 0.6 is 0 Å². The highest BCUT2D eigenvalue weighted by molar-refractivity contribution is 6.00. The summed E-state index contributed by atoms with van der Waals surface area (Å²) in [4.78, 5) is 30.8. The number of carboxylic acid groups (broad SMARTS) is 1. The van der Waals surface area contributed by atoms with E-state index in [1.165, 1.54) is 4.57 Å². The van der Waals surface area contributed by atoms with Gasteiger partial charge in [0.1, 0.15) is 18.1 Å². The van der Waals surface area contributed by atoms with E-state index >= 15 is 0 Å². The number of pyridine rings is 2. The van der Waals surface area contributed by atoms with Crippen molar-refractivity contribution in [3.8, 4) is 22.6 Å². The lowest BCUT2D eigenvalue weighted by Crippen LogP contribution is -2.33. The zero-order chi connectivity index (χ0) is 28.6. The molecule has 0 radical (unpaired) electrons. The number of hydrogen-bond donors (Lipinski definition) is 1. The summed E-state index contributed by atoms with van der Waals surface area (Å²) in [6, 6.07) is 14.8. The Morgan fingerprint density at radius 1 is 1.15 bits per heavy atom. The number of ether oxygens (including phenoxy) is 3. The summed E-state index contributed by atoms with van der Waals surface area (Å²) in [5.74, 6) is 0.194. The molecule has 4 aromatic rings. The van der Waals surface area contributed by atoms with E-state index in [0.29, 0.717) is 34.4 Å². The molecule has 8 heteroatoms. The molecule has 0 saturated carbocycles. The van der Waals surface area contributed by atoms with Gasteiger partial charge in [0.15, 0.2) is 6.10 Å². The van der Waals surface area contributed by atoms with Crippen molar-refractivity contribution in [3.05, 3.63) is 87.6 Å². The summed E-state index contributed by atoms with van der Waals surface area (Å²) < 4.78 is 19.3. The Morgan fingerprint density at radius 2 is 1.95 bits per heavy atom. The SMILES string of the molecule is Cc1c(-c2c([C@H](OC(C)(C)C)C(=O)O)n(C)c(=O)c3cc(OCc4ccccn4)ccc23)ccc2c1CCCO2. The van der Waals surface area contributed by atoms with Crippen LogP contribution in [-0.4, -0.2) is 32.8 Å². The number of rotatable bonds is 7. The van der Waals surface area contributed by atoms with Gasteiger partial charge in [-0.1, -0.05) is 12.1 Å². The van der Waals surface area contributed by atoms with Crippen LogP contribution in [-0.2, 0) is 29.6 Å². The minimum Gasteiger partial charge on any atom is -0.493 e. The van der Waals surface area contributed by atoms with Crippen LogP contribution in [0.5, 0.6) is 11.5 Å². The maximum Gasteiger partial charge on any atom is 0.339 e. The predicted molar refractivity (Wildman–Crippen MR) is 153 cm³/mol. The second-order valence-corrected chi connectivity index (χ2v) is 11.1. The fraction of sp³-hybridized carbons (Fsp3) is 0.344. The van der Waals surface area contributed by atoms with Crippen molar-refractivity contribution >= 4 is 16.7 Å². The summed E-state index contributed by atoms with van der Waals surface area (Å²) in [7, 11) is 1.60. The van der Waals surface area contributed by atoms with Gasteiger partial charge in [-0.2, -0.15) is 0 Å². The molecule has 0 fully saturated rings. The van der Waals surface area contributed by atoms with Gasteiger partial charge in [0, 0.05) is 18.8 Å². The van der Waals surface area contributed by atoms with E-state index in [0.717, 1.165) is 41.0 Å². The minimum absolute atomic E-state index is 0.252. The number of aliphatic carboxylic acids is 1. The van der Waals surface area contributed by atoms with Crippen LogP contribution in [0.3, 0.4) is 0 Å². The Labute approximate surface area is 233 Å². The van der Waals surface area contributed by atoms with Gasteiger partial charge in [-0.05, 0) is 99.0 Å². The quantitative estimate of drug-likeness (QED) is 0.317. The van der Waals surface area contributed by atoms with Crippen molar-refractivity contribution < 1.29 is 24.1 Å². The summed E-state index contributed by atoms with van der Waals surface area (Å²) in [6.07, 6.45) is 2.09. The Morgan fingerprint density at radius 3 is 2.65 bits per heavy atom. The van der Waals surface area contributed by atoms with Crippen molar-refractivity contribution in [1.29, 1.82) is 0 Å². The maximum atomic E-state index is 13.8. The molecule has 208 valence electrons. The number of carboxylic acids is 1. The molecule has 2 aromatic heterocycles. The van der Waals surface area contributed by atoms with Crippen LogP contribution in [0.1, 0.15) is 55.8 Å². The molecule has 0 bridgehead atoms. The molecule has 0 unspecified atom stereocenters. The molecule has 2 aromatic carbocycles. The highest BCUT2D eigenvalue weighted by Gasteiger charge is 2.34. The van der Waals surface area contributed by atoms with E-state index in [2.05, 4.69) is 4.98 Å². The smallest absolute Gasteiger partial charge is 0.339 e. The first-order valence-electron chi connectivity index (χ1n) is 13.4. The number of fused-ring (bicyclic) bond motifs is 2. The number of hydrogen-bond acceptors (Lipinski definition) is 6. The number of carbonyl (C=O) groups is 1. The van der Waals surface area contributed by atoms with Crippen LogP contribution in [0.25, 0.3) is 21.9 Å². The summed E-state index contributed by atoms with van der Waals surface area (Å²) in [5.41, 5.74) is 3.53. The molecule has 5 rings (SSSR count). The standard InChI is InChI=1S/C32H34N2O6/c1-19-22-10-8-16-38-26(22)14-13-23(19)27-24-12-11-21(39-18-20-9-6-7-15-33-20)17-25(24)30(35)34(5)28(27)29(31(36)37)40-32(2,3)4/h6-7,9,11-15,17,29H,8,10,16,18H2,1-5H3,(H,36,37)/t29-/m0/s1. The lowest BCUT2D eigenvalue weighted by atomic mass is 9.88. The molecule has 0 amide bonds. The van der Waals surface area contributed by atoms with Crippen LogP contribution in [0, 0.1) is 6.92 Å². The molecule has 0 saturated heterocycles. The van der Waals surface area contributed by atoms with Gasteiger partial charge in [-0.3, -0.25) is 9.78 Å². The van der Waals surface area contributed by atoms with Gasteiger partial charge < -0.3 is 23.9 Å². The maximum absolute atomic E-state index is 13.8. The first-order valence-corrected chi connectivity index (χ1v) is 13.4. The normalized spacial score (nSPS) is 13.9. The average Bonchev–Trinajstić information content (AvgIpc) is 2.93. The van der Waals surface area contributed by atoms with E-state index in [-0.39, 0.29) is 12.2 Å². The van der Waals surface area contributed by atoms with Gasteiger partial charge >= 0.3 is 5.97 Å². The summed E-state index contributed by atoms with van der Waals surface area (Å²) in [5, 5.41) is 11.4. The lowest BCUT2D eigenvalue weighted by molar-refractivity contribution is -0.161. The van der Waals surface area contributed by atoms with Crippen LogP contribution in [0.15, 0.2) is 59.5 Å². The molecule has 1 aliphatic heterocycles. The zero-order valence-corrected chi connectivity index (χ0v) is 23.5. The highest BCUT2D eigenvalue weighted by atomic mass is 16.5. The van der Waals surface area contributed by atoms with E-state index in [1.807, 2.05) is 43.3 Å². The van der Waals surface area contributed by atoms with E-state index in [9.17, 15) is 14.7 Å². The van der Waals surface area contributed by atoms with E-state index < -0.39 is 17.7 Å². The number of benzene rings is 2. The molecule has 3 heterocycles. The third-order valence-electron chi connectivity index (χ3n) is 7.12. The van der Waals surface area contributed by atoms with Gasteiger partial charge in [-0.15, -0.1) is 0 Å². The molecule has 0 aliphatic carbocycles. The van der Waals surface area contributed by atoms with Crippen molar-refractivity contribution in [3.63, 3.8) is 0 Å². The Hall–Kier alpha value is -4.17. The number of nitrogens with zero attached hydrogens (tertiary/aromatic N) is 2. The largest absolute Gasteiger partial charge is 0.493 e. The Bertz CT molecular complexity index is 1640. The van der Waals surface area contributed by atoms with Crippen molar-refractivity contribution in [1.82, 2.24) is 9.55 Å². The number of aromatic nitrogens is 2. The average molecular weight is 543 g/mol. The molecule has 1 aliphatic rings. The molecular weight excluding hydrogens is 508 g/mol. The Balaban J connectivity index is 1.75. The molecule has 1 atom stereocenters. The fourth-order valence-electron chi connectivity index (χ4n) is 5.29. The first-order chi connectivity index (χ1) is 19.0. The molecule has 40 heavy (non-hydrogen) atoms. The monoisotopic (exact) mass is 542 g/mol. The van der Waals surface area contributed by atoms with Gasteiger partial charge in [0.05, 0.1) is 29.0 Å². The summed E-state index contributed by atoms with van der Waals surface area (Å²) >= 11 is 0. The topological polar surface area (TPSA) is 99.9 Å². The van der Waals surface area contributed by atoms with Crippen LogP contribution in [0.2, 0.25) is 0 Å². The third kappa shape index (κ3) is 5.31. The highest BCUT2D eigenvalue weighted by Crippen LogP contribution is 2.42. The first kappa shape index (κ1) is 27.4. The van der Waals surface area contributed by atoms with Crippen molar-refractivity contribution in [2.45, 2.75) is 58.8 Å². The van der Waals surface area contributed by atoms with Crippen molar-refractivity contribution in [2.24, 2.45) is 7.05 Å². The molecule has 1 N–H and O–H groups in total. The van der Waals surface area contributed by atoms with Gasteiger partial charge in [-0.25, -0.2) is 4.79 Å². The molecular formula is C32H34N2O6. The third-order valence-corrected chi connectivity index (χ3v) is 7.12. The van der Waals surface area contributed by atoms with Gasteiger partial charge in [0.25, 0.3) is 5.56 Å². The molecule has 8 nitrogen and oxygen atoms in total. The summed E-state index contributed by atoms with van der Waals surface area (Å²) in [6.45, 7) is 8.34. The van der Waals surface area contributed by atoms with Crippen molar-refractivity contribution in [2.75, 3.05) is 6.61 Å². The van der Waals surface area contributed by atoms with E-state index in [4.69, 9.17) is 14.2 Å². The predicted octanol–water partition coefficient (Wildman–Crippen LogP) is 5.75.